The molecule has 0 spiro atoms. The third kappa shape index (κ3) is 4.00. The van der Waals surface area contributed by atoms with Crippen LogP contribution in [0.2, 0.25) is 0 Å². The van der Waals surface area contributed by atoms with Crippen molar-refractivity contribution < 1.29 is 14.3 Å². The fourth-order valence-electron chi connectivity index (χ4n) is 2.13. The van der Waals surface area contributed by atoms with E-state index >= 15 is 0 Å². The van der Waals surface area contributed by atoms with Crippen LogP contribution in [0.5, 0.6) is 0 Å². The Bertz CT molecular complexity index is 737. The van der Waals surface area contributed by atoms with Gasteiger partial charge in [-0.2, -0.15) is 0 Å². The lowest BCUT2D eigenvalue weighted by Crippen LogP contribution is -2.32. The van der Waals surface area contributed by atoms with Crippen LogP contribution in [0, 0.1) is 0 Å². The van der Waals surface area contributed by atoms with Crippen molar-refractivity contribution in [2.75, 3.05) is 11.9 Å². The average Bonchev–Trinajstić information content (AvgIpc) is 3.26. The molecule has 3 rings (SSSR count). The highest BCUT2D eigenvalue weighted by Gasteiger charge is 2.10. The number of amides is 2. The molecule has 0 aliphatic rings. The summed E-state index contributed by atoms with van der Waals surface area (Å²) < 4.78 is 5.32. The largest absolute Gasteiger partial charge is 0.464 e. The lowest BCUT2D eigenvalue weighted by Gasteiger charge is -2.13. The van der Waals surface area contributed by atoms with E-state index in [-0.39, 0.29) is 12.6 Å². The first-order valence-electron chi connectivity index (χ1n) is 7.12. The van der Waals surface area contributed by atoms with Crippen LogP contribution in [-0.2, 0) is 0 Å². The Labute approximate surface area is 137 Å². The van der Waals surface area contributed by atoms with Crippen LogP contribution in [-0.4, -0.2) is 17.7 Å². The topological polar surface area (TPSA) is 74.5 Å². The number of rotatable bonds is 5. The molecule has 2 aromatic heterocycles. The van der Waals surface area contributed by atoms with E-state index in [1.54, 1.807) is 6.26 Å². The van der Waals surface area contributed by atoms with Crippen molar-refractivity contribution in [3.63, 3.8) is 0 Å². The summed E-state index contributed by atoms with van der Waals surface area (Å²) in [6.45, 7) is 0.136. The number of benzene rings is 1. The average molecular weight is 328 g/mol. The molecule has 0 unspecified atom stereocenters. The van der Waals surface area contributed by atoms with E-state index < -0.39 is 6.10 Å². The third-order valence-electron chi connectivity index (χ3n) is 3.32. The van der Waals surface area contributed by atoms with E-state index in [0.29, 0.717) is 0 Å². The van der Waals surface area contributed by atoms with Gasteiger partial charge in [-0.25, -0.2) is 4.79 Å². The number of hydrogen-bond donors (Lipinski definition) is 3. The van der Waals surface area contributed by atoms with Gasteiger partial charge in [-0.15, -0.1) is 11.3 Å². The van der Waals surface area contributed by atoms with E-state index in [1.807, 2.05) is 53.9 Å². The molecule has 0 bridgehead atoms. The van der Waals surface area contributed by atoms with Crippen molar-refractivity contribution in [3.8, 4) is 11.3 Å². The van der Waals surface area contributed by atoms with Crippen LogP contribution in [0.15, 0.2) is 64.6 Å². The second-order valence-electron chi connectivity index (χ2n) is 4.93. The Morgan fingerprint density at radius 2 is 2.00 bits per heavy atom. The summed E-state index contributed by atoms with van der Waals surface area (Å²) in [5.74, 6) is 0.777. The van der Waals surface area contributed by atoms with Crippen molar-refractivity contribution in [2.45, 2.75) is 6.10 Å². The summed E-state index contributed by atoms with van der Waals surface area (Å²) in [5.41, 5.74) is 1.67. The van der Waals surface area contributed by atoms with Gasteiger partial charge in [0.2, 0.25) is 0 Å². The quantitative estimate of drug-likeness (QED) is 0.666. The minimum absolute atomic E-state index is 0.136. The lowest BCUT2D eigenvalue weighted by atomic mass is 10.1. The number of hydrogen-bond acceptors (Lipinski definition) is 4. The SMILES string of the molecule is O=C(NC[C@@H](O)c1ccc(-c2ccco2)cc1)Nc1cccs1. The molecule has 2 heterocycles. The summed E-state index contributed by atoms with van der Waals surface area (Å²) in [6.07, 6.45) is 0.851. The highest BCUT2D eigenvalue weighted by atomic mass is 32.1. The normalized spacial score (nSPS) is 11.9. The van der Waals surface area contributed by atoms with Crippen LogP contribution in [0.25, 0.3) is 11.3 Å². The summed E-state index contributed by atoms with van der Waals surface area (Å²) in [5, 5.41) is 18.1. The van der Waals surface area contributed by atoms with Crippen LogP contribution in [0.3, 0.4) is 0 Å². The molecule has 5 nitrogen and oxygen atoms in total. The van der Waals surface area contributed by atoms with Crippen molar-refractivity contribution in [1.82, 2.24) is 5.32 Å². The minimum atomic E-state index is -0.769. The fourth-order valence-corrected chi connectivity index (χ4v) is 2.74. The van der Waals surface area contributed by atoms with Crippen LogP contribution < -0.4 is 10.6 Å². The summed E-state index contributed by atoms with van der Waals surface area (Å²) >= 11 is 1.44. The first-order valence-corrected chi connectivity index (χ1v) is 8.00. The van der Waals surface area contributed by atoms with Gasteiger partial charge < -0.3 is 14.8 Å². The van der Waals surface area contributed by atoms with Crippen molar-refractivity contribution in [1.29, 1.82) is 0 Å². The van der Waals surface area contributed by atoms with E-state index in [2.05, 4.69) is 10.6 Å². The molecule has 6 heteroatoms. The van der Waals surface area contributed by atoms with E-state index in [1.165, 1.54) is 11.3 Å². The molecule has 2 amide bonds. The van der Waals surface area contributed by atoms with Crippen molar-refractivity contribution >= 4 is 22.4 Å². The number of aliphatic hydroxyl groups is 1. The second-order valence-corrected chi connectivity index (χ2v) is 5.88. The number of carbonyl (C=O) groups is 1. The highest BCUT2D eigenvalue weighted by Crippen LogP contribution is 2.22. The number of carbonyl (C=O) groups excluding carboxylic acids is 1. The molecule has 0 aliphatic heterocycles. The first kappa shape index (κ1) is 15.3. The van der Waals surface area contributed by atoms with E-state index in [9.17, 15) is 9.90 Å². The number of furan rings is 1. The first-order chi connectivity index (χ1) is 11.2. The van der Waals surface area contributed by atoms with Gasteiger partial charge in [-0.05, 0) is 35.2 Å². The van der Waals surface area contributed by atoms with Gasteiger partial charge in [-0.3, -0.25) is 5.32 Å². The predicted molar refractivity (Wildman–Crippen MR) is 90.4 cm³/mol. The Hall–Kier alpha value is -2.57. The summed E-state index contributed by atoms with van der Waals surface area (Å²) in [4.78, 5) is 11.7. The van der Waals surface area contributed by atoms with Gasteiger partial charge in [0.1, 0.15) is 5.76 Å². The number of aliphatic hydroxyl groups excluding tert-OH is 1. The number of urea groups is 1. The van der Waals surface area contributed by atoms with Crippen LogP contribution in [0.1, 0.15) is 11.7 Å². The molecule has 1 atom stereocenters. The van der Waals surface area contributed by atoms with Gasteiger partial charge >= 0.3 is 6.03 Å². The number of thiophene rings is 1. The monoisotopic (exact) mass is 328 g/mol. The third-order valence-corrected chi connectivity index (χ3v) is 4.10. The standard InChI is InChI=1S/C17H16N2O3S/c20-14(11-18-17(21)19-16-4-2-10-23-16)12-5-7-13(8-6-12)15-3-1-9-22-15/h1-10,14,20H,11H2,(H2,18,19,21)/t14-/m1/s1. The summed E-state index contributed by atoms with van der Waals surface area (Å²) in [7, 11) is 0. The zero-order chi connectivity index (χ0) is 16.1. The van der Waals surface area contributed by atoms with Gasteiger partial charge in [0.15, 0.2) is 0 Å². The molecule has 0 saturated carbocycles. The van der Waals surface area contributed by atoms with Crippen molar-refractivity contribution in [3.05, 3.63) is 65.7 Å². The molecule has 3 aromatic rings. The molecule has 0 fully saturated rings. The highest BCUT2D eigenvalue weighted by molar-refractivity contribution is 7.14. The molecule has 0 radical (unpaired) electrons. The molecule has 3 N–H and O–H groups in total. The Balaban J connectivity index is 1.53. The molecule has 1 aromatic carbocycles. The second kappa shape index (κ2) is 7.13. The molecular weight excluding hydrogens is 312 g/mol. The maximum absolute atomic E-state index is 11.7. The van der Waals surface area contributed by atoms with E-state index in [4.69, 9.17) is 4.42 Å². The Morgan fingerprint density at radius 3 is 2.65 bits per heavy atom. The van der Waals surface area contributed by atoms with Gasteiger partial charge in [-0.1, -0.05) is 24.3 Å². The zero-order valence-corrected chi connectivity index (χ0v) is 13.0. The molecule has 0 saturated heterocycles. The molecule has 0 aliphatic carbocycles. The Kier molecular flexibility index (Phi) is 4.75. The number of nitrogens with one attached hydrogen (secondary N) is 2. The van der Waals surface area contributed by atoms with Crippen LogP contribution >= 0.6 is 11.3 Å². The summed E-state index contributed by atoms with van der Waals surface area (Å²) in [6, 6.07) is 14.4. The Morgan fingerprint density at radius 1 is 1.17 bits per heavy atom. The van der Waals surface area contributed by atoms with Crippen molar-refractivity contribution in [2.24, 2.45) is 0 Å². The minimum Gasteiger partial charge on any atom is -0.464 e. The molecular formula is C17H16N2O3S. The fraction of sp³-hybridized carbons (Fsp3) is 0.118. The lowest BCUT2D eigenvalue weighted by molar-refractivity contribution is 0.175. The predicted octanol–water partition coefficient (Wildman–Crippen LogP) is 3.86. The maximum Gasteiger partial charge on any atom is 0.319 e. The van der Waals surface area contributed by atoms with Gasteiger partial charge in [0.25, 0.3) is 0 Å². The number of anilines is 1. The zero-order valence-electron chi connectivity index (χ0n) is 12.2. The molecule has 118 valence electrons. The smallest absolute Gasteiger partial charge is 0.319 e. The van der Waals surface area contributed by atoms with E-state index in [0.717, 1.165) is 21.9 Å². The molecule has 23 heavy (non-hydrogen) atoms. The van der Waals surface area contributed by atoms with Gasteiger partial charge in [0.05, 0.1) is 17.4 Å². The van der Waals surface area contributed by atoms with Gasteiger partial charge in [0, 0.05) is 12.1 Å². The van der Waals surface area contributed by atoms with Crippen LogP contribution in [0.4, 0.5) is 9.80 Å². The maximum atomic E-state index is 11.7.